The number of aliphatic carboxylic acids is 1. The summed E-state index contributed by atoms with van der Waals surface area (Å²) in [4.78, 5) is 14.2. The lowest BCUT2D eigenvalue weighted by atomic mass is 9.93. The van der Waals surface area contributed by atoms with Crippen molar-refractivity contribution in [3.05, 3.63) is 71.1 Å². The molecule has 160 valence electrons. The molecule has 5 nitrogen and oxygen atoms in total. The van der Waals surface area contributed by atoms with E-state index in [1.165, 1.54) is 27.7 Å². The zero-order valence-corrected chi connectivity index (χ0v) is 18.3. The van der Waals surface area contributed by atoms with Gasteiger partial charge in [-0.15, -0.1) is 0 Å². The van der Waals surface area contributed by atoms with Crippen molar-refractivity contribution in [2.24, 2.45) is 11.7 Å². The zero-order chi connectivity index (χ0) is 21.8. The van der Waals surface area contributed by atoms with E-state index in [-0.39, 0.29) is 12.3 Å². The summed E-state index contributed by atoms with van der Waals surface area (Å²) in [6, 6.07) is 6.58. The number of aryl methyl sites for hydroxylation is 1. The van der Waals surface area contributed by atoms with Crippen LogP contribution in [0.15, 0.2) is 54.3 Å². The number of carboxylic acids is 1. The highest BCUT2D eigenvalue weighted by Gasteiger charge is 2.26. The lowest BCUT2D eigenvalue weighted by Crippen LogP contribution is -2.31. The molecule has 0 radical (unpaired) electrons. The fourth-order valence-electron chi connectivity index (χ4n) is 4.52. The first-order valence-electron chi connectivity index (χ1n) is 10.6. The standard InChI is InChI=1S/C25H33N3O2/c1-5-7-19(13-18(4)26)20(14-25(29)30)15-28-23-9-8-17(3)12-21(23)22-16-27(6-2)11-10-24(22)28/h5,7-9,12-13,20H,1,6,10-11,14-16,26H2,2-4H3,(H,29,30)/b18-13-,19-7+. The van der Waals surface area contributed by atoms with Crippen LogP contribution in [0.5, 0.6) is 0 Å². The van der Waals surface area contributed by atoms with Gasteiger partial charge in [-0.25, -0.2) is 0 Å². The molecule has 0 saturated heterocycles. The van der Waals surface area contributed by atoms with E-state index in [1.807, 2.05) is 19.1 Å². The van der Waals surface area contributed by atoms with E-state index in [2.05, 4.69) is 48.1 Å². The van der Waals surface area contributed by atoms with E-state index < -0.39 is 5.97 Å². The largest absolute Gasteiger partial charge is 0.481 e. The SMILES string of the molecule is C=C/C=C(\C=C(\C)N)C(CC(=O)O)Cn1c2c(c3cc(C)ccc31)CN(CC)CC2. The molecule has 1 atom stereocenters. The summed E-state index contributed by atoms with van der Waals surface area (Å²) >= 11 is 0. The van der Waals surface area contributed by atoms with Gasteiger partial charge in [-0.3, -0.25) is 9.69 Å². The summed E-state index contributed by atoms with van der Waals surface area (Å²) in [5.74, 6) is -0.999. The maximum absolute atomic E-state index is 11.7. The van der Waals surface area contributed by atoms with Crippen molar-refractivity contribution < 1.29 is 9.90 Å². The molecular weight excluding hydrogens is 374 g/mol. The van der Waals surface area contributed by atoms with Crippen LogP contribution in [0.4, 0.5) is 0 Å². The summed E-state index contributed by atoms with van der Waals surface area (Å²) < 4.78 is 2.35. The van der Waals surface area contributed by atoms with Crippen LogP contribution in [0.3, 0.4) is 0 Å². The molecule has 0 bridgehead atoms. The van der Waals surface area contributed by atoms with E-state index >= 15 is 0 Å². The van der Waals surface area contributed by atoms with Gasteiger partial charge < -0.3 is 15.4 Å². The minimum atomic E-state index is -0.809. The molecule has 0 saturated carbocycles. The molecule has 1 aliphatic rings. The van der Waals surface area contributed by atoms with Gasteiger partial charge in [0.05, 0.1) is 6.42 Å². The number of carbonyl (C=O) groups is 1. The van der Waals surface area contributed by atoms with Crippen molar-refractivity contribution in [2.75, 3.05) is 13.1 Å². The molecule has 2 heterocycles. The number of carboxylic acid groups (broad SMARTS) is 1. The van der Waals surface area contributed by atoms with Crippen LogP contribution in [0, 0.1) is 12.8 Å². The number of fused-ring (bicyclic) bond motifs is 3. The predicted octanol–water partition coefficient (Wildman–Crippen LogP) is 4.39. The van der Waals surface area contributed by atoms with Crippen molar-refractivity contribution in [3.63, 3.8) is 0 Å². The molecule has 1 aromatic heterocycles. The van der Waals surface area contributed by atoms with Gasteiger partial charge in [0.2, 0.25) is 0 Å². The molecule has 3 rings (SSSR count). The van der Waals surface area contributed by atoms with Crippen molar-refractivity contribution in [3.8, 4) is 0 Å². The third-order valence-corrected chi connectivity index (χ3v) is 5.94. The lowest BCUT2D eigenvalue weighted by Gasteiger charge is -2.28. The Bertz CT molecular complexity index is 1010. The molecule has 30 heavy (non-hydrogen) atoms. The second-order valence-corrected chi connectivity index (χ2v) is 8.26. The van der Waals surface area contributed by atoms with Gasteiger partial charge in [0, 0.05) is 54.3 Å². The minimum Gasteiger partial charge on any atom is -0.481 e. The lowest BCUT2D eigenvalue weighted by molar-refractivity contribution is -0.137. The second-order valence-electron chi connectivity index (χ2n) is 8.26. The fraction of sp³-hybridized carbons (Fsp3) is 0.400. The Hall–Kier alpha value is -2.79. The molecule has 1 aliphatic heterocycles. The molecule has 1 aromatic carbocycles. The van der Waals surface area contributed by atoms with Crippen LogP contribution in [0.2, 0.25) is 0 Å². The van der Waals surface area contributed by atoms with Crippen LogP contribution in [0.25, 0.3) is 10.9 Å². The smallest absolute Gasteiger partial charge is 0.304 e. The van der Waals surface area contributed by atoms with Gasteiger partial charge in [0.1, 0.15) is 0 Å². The molecule has 1 unspecified atom stereocenters. The summed E-state index contributed by atoms with van der Waals surface area (Å²) in [7, 11) is 0. The average molecular weight is 408 g/mol. The number of hydrogen-bond acceptors (Lipinski definition) is 3. The fourth-order valence-corrected chi connectivity index (χ4v) is 4.52. The molecule has 2 aromatic rings. The maximum atomic E-state index is 11.7. The maximum Gasteiger partial charge on any atom is 0.304 e. The van der Waals surface area contributed by atoms with Gasteiger partial charge in [-0.05, 0) is 49.7 Å². The van der Waals surface area contributed by atoms with Gasteiger partial charge in [-0.1, -0.05) is 37.3 Å². The van der Waals surface area contributed by atoms with Crippen LogP contribution in [0.1, 0.15) is 37.1 Å². The van der Waals surface area contributed by atoms with E-state index in [0.29, 0.717) is 12.2 Å². The topological polar surface area (TPSA) is 71.5 Å². The Morgan fingerprint density at radius 1 is 1.40 bits per heavy atom. The third-order valence-electron chi connectivity index (χ3n) is 5.94. The summed E-state index contributed by atoms with van der Waals surface area (Å²) in [5, 5.41) is 10.9. The predicted molar refractivity (Wildman–Crippen MR) is 123 cm³/mol. The number of allylic oxidation sites excluding steroid dienone is 5. The van der Waals surface area contributed by atoms with Crippen LogP contribution >= 0.6 is 0 Å². The highest BCUT2D eigenvalue weighted by molar-refractivity contribution is 5.86. The Morgan fingerprint density at radius 2 is 2.17 bits per heavy atom. The van der Waals surface area contributed by atoms with Crippen molar-refractivity contribution in [2.45, 2.75) is 46.7 Å². The quantitative estimate of drug-likeness (QED) is 0.637. The number of nitrogens with two attached hydrogens (primary N) is 1. The number of aromatic nitrogens is 1. The van der Waals surface area contributed by atoms with Gasteiger partial charge in [-0.2, -0.15) is 0 Å². The normalized spacial score (nSPS) is 16.5. The minimum absolute atomic E-state index is 0.0465. The molecular formula is C25H33N3O2. The van der Waals surface area contributed by atoms with Crippen LogP contribution < -0.4 is 5.73 Å². The third kappa shape index (κ3) is 4.68. The first-order chi connectivity index (χ1) is 14.3. The van der Waals surface area contributed by atoms with Crippen LogP contribution in [-0.4, -0.2) is 33.6 Å². The summed E-state index contributed by atoms with van der Waals surface area (Å²) in [6.07, 6.45) is 6.48. The molecule has 0 aliphatic carbocycles. The first kappa shape index (κ1) is 21.9. The molecule has 5 heteroatoms. The average Bonchev–Trinajstić information content (AvgIpc) is 2.98. The molecule has 0 fully saturated rings. The Labute approximate surface area is 179 Å². The highest BCUT2D eigenvalue weighted by atomic mass is 16.4. The van der Waals surface area contributed by atoms with Crippen LogP contribution in [-0.2, 0) is 24.3 Å². The van der Waals surface area contributed by atoms with Crippen molar-refractivity contribution in [1.29, 1.82) is 0 Å². The van der Waals surface area contributed by atoms with Gasteiger partial charge >= 0.3 is 5.97 Å². The van der Waals surface area contributed by atoms with E-state index in [0.717, 1.165) is 31.6 Å². The molecule has 0 amide bonds. The highest BCUT2D eigenvalue weighted by Crippen LogP contribution is 2.34. The van der Waals surface area contributed by atoms with Crippen molar-refractivity contribution >= 4 is 16.9 Å². The Balaban J connectivity index is 2.12. The van der Waals surface area contributed by atoms with E-state index in [9.17, 15) is 9.90 Å². The second kappa shape index (κ2) is 9.35. The van der Waals surface area contributed by atoms with Gasteiger partial charge in [0.15, 0.2) is 0 Å². The monoisotopic (exact) mass is 407 g/mol. The zero-order valence-electron chi connectivity index (χ0n) is 18.3. The summed E-state index contributed by atoms with van der Waals surface area (Å²) in [6.45, 7) is 13.6. The Morgan fingerprint density at radius 3 is 2.80 bits per heavy atom. The van der Waals surface area contributed by atoms with E-state index in [4.69, 9.17) is 5.73 Å². The first-order valence-corrected chi connectivity index (χ1v) is 10.6. The summed E-state index contributed by atoms with van der Waals surface area (Å²) in [5.41, 5.74) is 12.7. The number of benzene rings is 1. The van der Waals surface area contributed by atoms with Crippen molar-refractivity contribution in [1.82, 2.24) is 9.47 Å². The van der Waals surface area contributed by atoms with E-state index in [1.54, 1.807) is 6.08 Å². The number of nitrogens with zero attached hydrogens (tertiary/aromatic N) is 2. The van der Waals surface area contributed by atoms with Gasteiger partial charge in [0.25, 0.3) is 0 Å². The number of likely N-dealkylation sites (N-methyl/N-ethyl adjacent to an activating group) is 1. The molecule has 0 spiro atoms. The number of rotatable bonds is 8. The number of hydrogen-bond donors (Lipinski definition) is 2. The Kier molecular flexibility index (Phi) is 6.83. The molecule has 3 N–H and O–H groups in total.